The van der Waals surface area contributed by atoms with Crippen LogP contribution in [0.5, 0.6) is 5.75 Å². The number of ether oxygens (including phenoxy) is 1. The molecule has 0 radical (unpaired) electrons. The Morgan fingerprint density at radius 3 is 2.60 bits per heavy atom. The number of nitrogens with zero attached hydrogens (tertiary/aromatic N) is 1. The van der Waals surface area contributed by atoms with Crippen LogP contribution in [0.1, 0.15) is 20.1 Å². The molecule has 0 bridgehead atoms. The maximum Gasteiger partial charge on any atom is 0.256 e. The second-order valence-electron chi connectivity index (χ2n) is 4.25. The molecular weight excluding hydrogens is 272 g/mol. The summed E-state index contributed by atoms with van der Waals surface area (Å²) in [6.07, 6.45) is 0. The third-order valence-electron chi connectivity index (χ3n) is 2.70. The maximum absolute atomic E-state index is 12.1. The van der Waals surface area contributed by atoms with Crippen LogP contribution in [0.3, 0.4) is 0 Å². The molecular formula is C15H14N2O2S. The Kier molecular flexibility index (Phi) is 4.38. The third-order valence-corrected chi connectivity index (χ3v) is 3.67. The Bertz CT molecular complexity index is 654. The van der Waals surface area contributed by atoms with Gasteiger partial charge < -0.3 is 10.1 Å². The lowest BCUT2D eigenvalue weighted by atomic mass is 10.2. The van der Waals surface area contributed by atoms with E-state index >= 15 is 0 Å². The summed E-state index contributed by atoms with van der Waals surface area (Å²) >= 11 is 1.61. The Balaban J connectivity index is 2.05. The van der Waals surface area contributed by atoms with Gasteiger partial charge in [0.25, 0.3) is 5.91 Å². The molecule has 1 N–H and O–H groups in total. The van der Waals surface area contributed by atoms with Crippen molar-refractivity contribution in [2.75, 3.05) is 11.9 Å². The SMILES string of the molecule is Cc1cc(C(=O)Nc2ccc(OCC#N)cc2)c(C)s1. The Morgan fingerprint density at radius 1 is 1.35 bits per heavy atom. The first-order valence-electron chi connectivity index (χ1n) is 6.08. The molecule has 2 rings (SSSR count). The van der Waals surface area contributed by atoms with E-state index in [0.29, 0.717) is 17.0 Å². The van der Waals surface area contributed by atoms with Gasteiger partial charge >= 0.3 is 0 Å². The molecule has 1 aromatic heterocycles. The van der Waals surface area contributed by atoms with E-state index in [0.717, 1.165) is 9.75 Å². The lowest BCUT2D eigenvalue weighted by Crippen LogP contribution is -2.11. The first kappa shape index (κ1) is 14.1. The number of rotatable bonds is 4. The van der Waals surface area contributed by atoms with E-state index < -0.39 is 0 Å². The molecule has 5 heteroatoms. The van der Waals surface area contributed by atoms with E-state index in [4.69, 9.17) is 10.00 Å². The highest BCUT2D eigenvalue weighted by atomic mass is 32.1. The first-order chi connectivity index (χ1) is 9.60. The van der Waals surface area contributed by atoms with Crippen molar-refractivity contribution in [3.63, 3.8) is 0 Å². The second-order valence-corrected chi connectivity index (χ2v) is 5.71. The minimum atomic E-state index is -0.113. The molecule has 1 aromatic carbocycles. The van der Waals surface area contributed by atoms with Crippen molar-refractivity contribution in [1.29, 1.82) is 5.26 Å². The summed E-state index contributed by atoms with van der Waals surface area (Å²) in [5.74, 6) is 0.490. The number of aryl methyl sites for hydroxylation is 2. The molecule has 0 saturated heterocycles. The second kappa shape index (κ2) is 6.22. The van der Waals surface area contributed by atoms with Crippen LogP contribution in [0.2, 0.25) is 0 Å². The molecule has 1 heterocycles. The quantitative estimate of drug-likeness (QED) is 0.935. The van der Waals surface area contributed by atoms with Crippen LogP contribution < -0.4 is 10.1 Å². The normalized spacial score (nSPS) is 9.85. The number of hydrogen-bond acceptors (Lipinski definition) is 4. The average molecular weight is 286 g/mol. The number of amides is 1. The number of nitriles is 1. The van der Waals surface area contributed by atoms with Gasteiger partial charge in [-0.1, -0.05) is 0 Å². The van der Waals surface area contributed by atoms with Crippen molar-refractivity contribution in [3.8, 4) is 11.8 Å². The van der Waals surface area contributed by atoms with Crippen molar-refractivity contribution >= 4 is 22.9 Å². The molecule has 20 heavy (non-hydrogen) atoms. The van der Waals surface area contributed by atoms with E-state index in [2.05, 4.69) is 5.32 Å². The van der Waals surface area contributed by atoms with Crippen molar-refractivity contribution in [3.05, 3.63) is 45.6 Å². The molecule has 0 aliphatic carbocycles. The van der Waals surface area contributed by atoms with Crippen LogP contribution in [-0.2, 0) is 0 Å². The van der Waals surface area contributed by atoms with Crippen LogP contribution in [0.25, 0.3) is 0 Å². The number of thiophene rings is 1. The van der Waals surface area contributed by atoms with Crippen LogP contribution >= 0.6 is 11.3 Å². The highest BCUT2D eigenvalue weighted by molar-refractivity contribution is 7.12. The molecule has 4 nitrogen and oxygen atoms in total. The van der Waals surface area contributed by atoms with Gasteiger partial charge in [0.05, 0.1) is 5.56 Å². The molecule has 0 unspecified atom stereocenters. The molecule has 0 saturated carbocycles. The molecule has 1 amide bonds. The summed E-state index contributed by atoms with van der Waals surface area (Å²) in [5.41, 5.74) is 1.40. The van der Waals surface area contributed by atoms with Gasteiger partial charge in [0, 0.05) is 15.4 Å². The highest BCUT2D eigenvalue weighted by Gasteiger charge is 2.11. The average Bonchev–Trinajstić information content (AvgIpc) is 2.77. The fourth-order valence-corrected chi connectivity index (χ4v) is 2.73. The smallest absolute Gasteiger partial charge is 0.256 e. The molecule has 102 valence electrons. The Labute approximate surface area is 121 Å². The number of anilines is 1. The van der Waals surface area contributed by atoms with Gasteiger partial charge in [-0.25, -0.2) is 0 Å². The summed E-state index contributed by atoms with van der Waals surface area (Å²) in [6.45, 7) is 3.93. The molecule has 0 spiro atoms. The first-order valence-corrected chi connectivity index (χ1v) is 6.90. The standard InChI is InChI=1S/C15H14N2O2S/c1-10-9-14(11(2)20-10)15(18)17-12-3-5-13(6-4-12)19-8-7-16/h3-6,9H,8H2,1-2H3,(H,17,18). The Hall–Kier alpha value is -2.32. The Morgan fingerprint density at radius 2 is 2.05 bits per heavy atom. The molecule has 0 aliphatic rings. The van der Waals surface area contributed by atoms with Gasteiger partial charge in [0.15, 0.2) is 6.61 Å². The molecule has 2 aromatic rings. The minimum absolute atomic E-state index is 0.0130. The lowest BCUT2D eigenvalue weighted by Gasteiger charge is -2.06. The summed E-state index contributed by atoms with van der Waals surface area (Å²) in [7, 11) is 0. The molecule has 0 fully saturated rings. The van der Waals surface area contributed by atoms with Crippen LogP contribution in [0.4, 0.5) is 5.69 Å². The summed E-state index contributed by atoms with van der Waals surface area (Å²) < 4.78 is 5.15. The van der Waals surface area contributed by atoms with Crippen molar-refractivity contribution in [2.24, 2.45) is 0 Å². The predicted molar refractivity (Wildman–Crippen MR) is 79.3 cm³/mol. The number of nitrogens with one attached hydrogen (secondary N) is 1. The topological polar surface area (TPSA) is 62.1 Å². The zero-order valence-electron chi connectivity index (χ0n) is 11.3. The van der Waals surface area contributed by atoms with Gasteiger partial charge in [-0.3, -0.25) is 4.79 Å². The zero-order valence-corrected chi connectivity index (χ0v) is 12.1. The van der Waals surface area contributed by atoms with Gasteiger partial charge in [-0.15, -0.1) is 11.3 Å². The van der Waals surface area contributed by atoms with Gasteiger partial charge in [0.1, 0.15) is 11.8 Å². The van der Waals surface area contributed by atoms with E-state index in [1.165, 1.54) is 0 Å². The summed E-state index contributed by atoms with van der Waals surface area (Å²) in [4.78, 5) is 14.3. The van der Waals surface area contributed by atoms with Gasteiger partial charge in [0.2, 0.25) is 0 Å². The fourth-order valence-electron chi connectivity index (χ4n) is 1.80. The maximum atomic E-state index is 12.1. The van der Waals surface area contributed by atoms with Crippen molar-refractivity contribution < 1.29 is 9.53 Å². The van der Waals surface area contributed by atoms with Crippen LogP contribution in [-0.4, -0.2) is 12.5 Å². The third kappa shape index (κ3) is 3.37. The summed E-state index contributed by atoms with van der Waals surface area (Å²) in [5, 5.41) is 11.3. The van der Waals surface area contributed by atoms with E-state index in [1.807, 2.05) is 26.0 Å². The largest absolute Gasteiger partial charge is 0.479 e. The lowest BCUT2D eigenvalue weighted by molar-refractivity contribution is 0.102. The van der Waals surface area contributed by atoms with Crippen molar-refractivity contribution in [2.45, 2.75) is 13.8 Å². The highest BCUT2D eigenvalue weighted by Crippen LogP contribution is 2.22. The van der Waals surface area contributed by atoms with E-state index in [9.17, 15) is 4.79 Å². The van der Waals surface area contributed by atoms with Crippen LogP contribution in [0.15, 0.2) is 30.3 Å². The number of carbonyl (C=O) groups excluding carboxylic acids is 1. The van der Waals surface area contributed by atoms with Gasteiger partial charge in [-0.2, -0.15) is 5.26 Å². The van der Waals surface area contributed by atoms with Crippen molar-refractivity contribution in [1.82, 2.24) is 0 Å². The molecule has 0 atom stereocenters. The zero-order chi connectivity index (χ0) is 14.5. The number of carbonyl (C=O) groups is 1. The fraction of sp³-hybridized carbons (Fsp3) is 0.200. The monoisotopic (exact) mass is 286 g/mol. The number of benzene rings is 1. The van der Waals surface area contributed by atoms with E-state index in [1.54, 1.807) is 35.6 Å². The van der Waals surface area contributed by atoms with Gasteiger partial charge in [-0.05, 0) is 44.2 Å². The summed E-state index contributed by atoms with van der Waals surface area (Å²) in [6, 6.07) is 10.7. The van der Waals surface area contributed by atoms with E-state index in [-0.39, 0.29) is 12.5 Å². The minimum Gasteiger partial charge on any atom is -0.479 e. The van der Waals surface area contributed by atoms with Crippen LogP contribution in [0, 0.1) is 25.2 Å². The molecule has 0 aliphatic heterocycles. The predicted octanol–water partition coefficient (Wildman–Crippen LogP) is 3.52. The number of hydrogen-bond donors (Lipinski definition) is 1.